The minimum atomic E-state index is -4.92. The molecule has 29 heavy (non-hydrogen) atoms. The quantitative estimate of drug-likeness (QED) is 0.679. The molecule has 1 amide bonds. The van der Waals surface area contributed by atoms with Crippen LogP contribution in [0.4, 0.5) is 22.0 Å². The zero-order chi connectivity index (χ0) is 22.0. The molecule has 2 aromatic rings. The molecule has 2 aromatic carbocycles. The Balaban J connectivity index is 2.38. The second-order valence-electron chi connectivity index (χ2n) is 6.42. The summed E-state index contributed by atoms with van der Waals surface area (Å²) in [6.45, 7) is 2.98. The average Bonchev–Trinajstić information content (AvgIpc) is 2.58. The number of amides is 1. The maximum absolute atomic E-state index is 14.0. The van der Waals surface area contributed by atoms with Crippen molar-refractivity contribution in [2.45, 2.75) is 37.0 Å². The number of nitrogens with one attached hydrogen (secondary N) is 2. The van der Waals surface area contributed by atoms with Gasteiger partial charge < -0.3 is 5.32 Å². The van der Waals surface area contributed by atoms with E-state index in [2.05, 4.69) is 4.72 Å². The largest absolute Gasteiger partial charge is 0.412 e. The summed E-state index contributed by atoms with van der Waals surface area (Å²) in [5, 5.41) is 1.72. The lowest BCUT2D eigenvalue weighted by Crippen LogP contribution is -2.38. The highest BCUT2D eigenvalue weighted by molar-refractivity contribution is 7.89. The number of hydrogen-bond acceptors (Lipinski definition) is 3. The molecule has 0 aliphatic heterocycles. The number of benzene rings is 2. The molecule has 0 aromatic heterocycles. The van der Waals surface area contributed by atoms with Crippen molar-refractivity contribution in [1.29, 1.82) is 0 Å². The predicted octanol–water partition coefficient (Wildman–Crippen LogP) is 3.68. The van der Waals surface area contributed by atoms with Gasteiger partial charge in [-0.2, -0.15) is 13.2 Å². The highest BCUT2D eigenvalue weighted by Gasteiger charge is 2.42. The molecule has 5 nitrogen and oxygen atoms in total. The topological polar surface area (TPSA) is 75.3 Å². The van der Waals surface area contributed by atoms with Gasteiger partial charge in [0.05, 0.1) is 0 Å². The molecular weight excluding hydrogens is 419 g/mol. The fourth-order valence-corrected chi connectivity index (χ4v) is 3.80. The molecule has 0 saturated carbocycles. The number of carbonyl (C=O) groups excluding carboxylic acids is 1. The molecule has 0 radical (unpaired) electrons. The van der Waals surface area contributed by atoms with Crippen LogP contribution in [0.3, 0.4) is 0 Å². The molecule has 1 unspecified atom stereocenters. The molecule has 0 fully saturated rings. The van der Waals surface area contributed by atoms with E-state index in [1.165, 1.54) is 13.8 Å². The van der Waals surface area contributed by atoms with Gasteiger partial charge in [0.15, 0.2) is 6.04 Å². The van der Waals surface area contributed by atoms with Gasteiger partial charge in [0.25, 0.3) is 5.91 Å². The van der Waals surface area contributed by atoms with E-state index in [9.17, 15) is 35.2 Å². The van der Waals surface area contributed by atoms with Crippen LogP contribution < -0.4 is 10.0 Å². The van der Waals surface area contributed by atoms with Crippen molar-refractivity contribution in [3.05, 3.63) is 65.2 Å². The van der Waals surface area contributed by atoms with Crippen LogP contribution in [-0.2, 0) is 10.0 Å². The van der Waals surface area contributed by atoms with Crippen molar-refractivity contribution in [2.75, 3.05) is 0 Å². The van der Waals surface area contributed by atoms with E-state index in [4.69, 9.17) is 0 Å². The van der Waals surface area contributed by atoms with Crippen molar-refractivity contribution in [2.24, 2.45) is 0 Å². The Morgan fingerprint density at radius 1 is 1.00 bits per heavy atom. The minimum Gasteiger partial charge on any atom is -0.337 e. The summed E-state index contributed by atoms with van der Waals surface area (Å²) in [4.78, 5) is 11.5. The standard InChI is InChI=1S/C18H17F5N2O3S/c1-10(2)25-29(27,28)15-9-12(5-8-14(15)20)17(26)24-16(18(21,22)23)11-3-6-13(19)7-4-11/h3-10,16,25H,1-2H3,(H,24,26). The normalized spacial score (nSPS) is 13.4. The lowest BCUT2D eigenvalue weighted by Gasteiger charge is -2.22. The van der Waals surface area contributed by atoms with Crippen molar-refractivity contribution < 1.29 is 35.2 Å². The zero-order valence-electron chi connectivity index (χ0n) is 15.2. The maximum Gasteiger partial charge on any atom is 0.412 e. The van der Waals surface area contributed by atoms with E-state index in [1.807, 2.05) is 0 Å². The maximum atomic E-state index is 14.0. The number of alkyl halides is 3. The van der Waals surface area contributed by atoms with Gasteiger partial charge in [-0.1, -0.05) is 12.1 Å². The summed E-state index contributed by atoms with van der Waals surface area (Å²) >= 11 is 0. The molecule has 2 rings (SSSR count). The van der Waals surface area contributed by atoms with Crippen LogP contribution in [0.25, 0.3) is 0 Å². The SMILES string of the molecule is CC(C)NS(=O)(=O)c1cc(C(=O)NC(c2ccc(F)cc2)C(F)(F)F)ccc1F. The Hall–Kier alpha value is -2.53. The first kappa shape index (κ1) is 22.8. The lowest BCUT2D eigenvalue weighted by molar-refractivity contribution is -0.155. The van der Waals surface area contributed by atoms with Gasteiger partial charge in [0.1, 0.15) is 16.5 Å². The summed E-state index contributed by atoms with van der Waals surface area (Å²) in [6, 6.07) is 2.46. The Kier molecular flexibility index (Phi) is 6.63. The zero-order valence-corrected chi connectivity index (χ0v) is 16.0. The smallest absolute Gasteiger partial charge is 0.337 e. The van der Waals surface area contributed by atoms with E-state index in [1.54, 1.807) is 5.32 Å². The van der Waals surface area contributed by atoms with Gasteiger partial charge >= 0.3 is 6.18 Å². The molecule has 158 valence electrons. The second kappa shape index (κ2) is 8.46. The Bertz CT molecular complexity index is 990. The molecular formula is C18H17F5N2O3S. The third kappa shape index (κ3) is 5.73. The minimum absolute atomic E-state index is 0.427. The summed E-state index contributed by atoms with van der Waals surface area (Å²) in [7, 11) is -4.33. The van der Waals surface area contributed by atoms with Gasteiger partial charge in [-0.05, 0) is 49.7 Å². The van der Waals surface area contributed by atoms with Gasteiger partial charge in [0.2, 0.25) is 10.0 Å². The molecule has 0 aliphatic rings. The first-order chi connectivity index (χ1) is 13.3. The number of sulfonamides is 1. The van der Waals surface area contributed by atoms with Crippen LogP contribution in [-0.4, -0.2) is 26.5 Å². The second-order valence-corrected chi connectivity index (χ2v) is 8.10. The van der Waals surface area contributed by atoms with E-state index < -0.39 is 61.8 Å². The summed E-state index contributed by atoms with van der Waals surface area (Å²) in [5.41, 5.74) is -0.921. The number of hydrogen-bond donors (Lipinski definition) is 2. The molecule has 0 saturated heterocycles. The Morgan fingerprint density at radius 2 is 1.59 bits per heavy atom. The molecule has 2 N–H and O–H groups in total. The summed E-state index contributed by atoms with van der Waals surface area (Å²) in [5.74, 6) is -3.20. The van der Waals surface area contributed by atoms with Crippen molar-refractivity contribution in [3.8, 4) is 0 Å². The highest BCUT2D eigenvalue weighted by atomic mass is 32.2. The van der Waals surface area contributed by atoms with E-state index in [0.29, 0.717) is 12.1 Å². The highest BCUT2D eigenvalue weighted by Crippen LogP contribution is 2.33. The van der Waals surface area contributed by atoms with E-state index >= 15 is 0 Å². The fraction of sp³-hybridized carbons (Fsp3) is 0.278. The van der Waals surface area contributed by atoms with E-state index in [0.717, 1.165) is 30.3 Å². The molecule has 11 heteroatoms. The van der Waals surface area contributed by atoms with Gasteiger partial charge in [0, 0.05) is 11.6 Å². The van der Waals surface area contributed by atoms with Gasteiger partial charge in [-0.3, -0.25) is 4.79 Å². The number of halogens is 5. The Labute approximate surface area is 164 Å². The van der Waals surface area contributed by atoms with Crippen LogP contribution in [0.1, 0.15) is 35.8 Å². The third-order valence-corrected chi connectivity index (χ3v) is 5.35. The first-order valence-electron chi connectivity index (χ1n) is 8.26. The monoisotopic (exact) mass is 436 g/mol. The average molecular weight is 436 g/mol. The molecule has 0 spiro atoms. The third-order valence-electron chi connectivity index (χ3n) is 3.68. The molecule has 0 heterocycles. The molecule has 1 atom stereocenters. The van der Waals surface area contributed by atoms with Crippen LogP contribution in [0, 0.1) is 11.6 Å². The van der Waals surface area contributed by atoms with Gasteiger partial charge in [-0.25, -0.2) is 21.9 Å². The van der Waals surface area contributed by atoms with E-state index in [-0.39, 0.29) is 0 Å². The van der Waals surface area contributed by atoms with Crippen molar-refractivity contribution in [3.63, 3.8) is 0 Å². The summed E-state index contributed by atoms with van der Waals surface area (Å²) in [6.07, 6.45) is -4.92. The van der Waals surface area contributed by atoms with Crippen molar-refractivity contribution >= 4 is 15.9 Å². The first-order valence-corrected chi connectivity index (χ1v) is 9.74. The molecule has 0 bridgehead atoms. The number of rotatable bonds is 6. The number of carbonyl (C=O) groups is 1. The van der Waals surface area contributed by atoms with Crippen LogP contribution >= 0.6 is 0 Å². The van der Waals surface area contributed by atoms with Gasteiger partial charge in [-0.15, -0.1) is 0 Å². The van der Waals surface area contributed by atoms with Crippen molar-refractivity contribution in [1.82, 2.24) is 10.0 Å². The van der Waals surface area contributed by atoms with Crippen LogP contribution in [0.2, 0.25) is 0 Å². The predicted molar refractivity (Wildman–Crippen MR) is 94.5 cm³/mol. The lowest BCUT2D eigenvalue weighted by atomic mass is 10.1. The summed E-state index contributed by atoms with van der Waals surface area (Å²) < 4.78 is 93.6. The van der Waals surface area contributed by atoms with Crippen LogP contribution in [0.15, 0.2) is 47.4 Å². The fourth-order valence-electron chi connectivity index (χ4n) is 2.45. The Morgan fingerprint density at radius 3 is 2.10 bits per heavy atom. The van der Waals surface area contributed by atoms with Crippen LogP contribution in [0.5, 0.6) is 0 Å². The molecule has 0 aliphatic carbocycles.